The SMILES string of the molecule is COC(=O)c1sc(NCC2(C(C)C)CC2)nc1Cl. The second-order valence-electron chi connectivity index (χ2n) is 5.00. The van der Waals surface area contributed by atoms with Crippen LogP contribution < -0.4 is 5.32 Å². The van der Waals surface area contributed by atoms with E-state index in [4.69, 9.17) is 11.6 Å². The fraction of sp³-hybridized carbons (Fsp3) is 0.667. The lowest BCUT2D eigenvalue weighted by atomic mass is 9.92. The molecule has 1 aliphatic rings. The van der Waals surface area contributed by atoms with Crippen LogP contribution in [0.3, 0.4) is 0 Å². The zero-order valence-electron chi connectivity index (χ0n) is 10.7. The van der Waals surface area contributed by atoms with Crippen molar-refractivity contribution >= 4 is 34.0 Å². The second kappa shape index (κ2) is 5.05. The van der Waals surface area contributed by atoms with Crippen molar-refractivity contribution in [2.45, 2.75) is 26.7 Å². The van der Waals surface area contributed by atoms with Gasteiger partial charge in [0.2, 0.25) is 0 Å². The smallest absolute Gasteiger partial charge is 0.351 e. The lowest BCUT2D eigenvalue weighted by Gasteiger charge is -2.19. The average Bonchev–Trinajstić information content (AvgIpc) is 3.05. The summed E-state index contributed by atoms with van der Waals surface area (Å²) < 4.78 is 4.65. The van der Waals surface area contributed by atoms with Gasteiger partial charge in [-0.05, 0) is 24.2 Å². The van der Waals surface area contributed by atoms with Gasteiger partial charge in [0.05, 0.1) is 7.11 Å². The predicted molar refractivity (Wildman–Crippen MR) is 73.5 cm³/mol. The summed E-state index contributed by atoms with van der Waals surface area (Å²) >= 11 is 7.15. The number of ether oxygens (including phenoxy) is 1. The van der Waals surface area contributed by atoms with E-state index in [1.54, 1.807) is 0 Å². The van der Waals surface area contributed by atoms with Gasteiger partial charge in [0, 0.05) is 6.54 Å². The monoisotopic (exact) mass is 288 g/mol. The minimum Gasteiger partial charge on any atom is -0.465 e. The molecule has 0 aromatic carbocycles. The standard InChI is InChI=1S/C12H17ClN2O2S/c1-7(2)12(4-5-12)6-14-11-15-9(13)8(18-11)10(16)17-3/h7H,4-6H2,1-3H3,(H,14,15). The van der Waals surface area contributed by atoms with Crippen LogP contribution in [-0.2, 0) is 4.74 Å². The van der Waals surface area contributed by atoms with Crippen molar-refractivity contribution in [2.75, 3.05) is 19.0 Å². The molecule has 0 spiro atoms. The van der Waals surface area contributed by atoms with Crippen LogP contribution in [0.25, 0.3) is 0 Å². The number of carbonyl (C=O) groups is 1. The molecule has 1 aromatic rings. The lowest BCUT2D eigenvalue weighted by Crippen LogP contribution is -2.20. The van der Waals surface area contributed by atoms with Gasteiger partial charge in [0.15, 0.2) is 15.2 Å². The number of halogens is 1. The average molecular weight is 289 g/mol. The normalized spacial score (nSPS) is 16.7. The van der Waals surface area contributed by atoms with Crippen LogP contribution in [0.15, 0.2) is 0 Å². The Bertz CT molecular complexity index is 455. The van der Waals surface area contributed by atoms with Gasteiger partial charge in [0.25, 0.3) is 0 Å². The van der Waals surface area contributed by atoms with E-state index in [0.29, 0.717) is 21.3 Å². The third-order valence-corrected chi connectivity index (χ3v) is 5.04. The molecule has 0 unspecified atom stereocenters. The highest BCUT2D eigenvalue weighted by Gasteiger charge is 2.45. The van der Waals surface area contributed by atoms with Crippen molar-refractivity contribution in [3.8, 4) is 0 Å². The molecule has 1 saturated carbocycles. The van der Waals surface area contributed by atoms with Crippen molar-refractivity contribution in [1.29, 1.82) is 0 Å². The molecule has 1 heterocycles. The number of aromatic nitrogens is 1. The number of nitrogens with zero attached hydrogens (tertiary/aromatic N) is 1. The minimum atomic E-state index is -0.435. The summed E-state index contributed by atoms with van der Waals surface area (Å²) in [5.41, 5.74) is 0.392. The first-order chi connectivity index (χ1) is 8.48. The number of esters is 1. The van der Waals surface area contributed by atoms with Gasteiger partial charge in [-0.25, -0.2) is 9.78 Å². The molecule has 2 rings (SSSR count). The number of thiazole rings is 1. The molecule has 100 valence electrons. The molecule has 0 radical (unpaired) electrons. The van der Waals surface area contributed by atoms with Crippen molar-refractivity contribution in [3.05, 3.63) is 10.0 Å². The first-order valence-corrected chi connectivity index (χ1v) is 7.16. The summed E-state index contributed by atoms with van der Waals surface area (Å²) in [5, 5.41) is 4.18. The number of rotatable bonds is 5. The Balaban J connectivity index is 2.01. The molecule has 0 aliphatic heterocycles. The topological polar surface area (TPSA) is 51.2 Å². The highest BCUT2D eigenvalue weighted by molar-refractivity contribution is 7.18. The molecular weight excluding hydrogens is 272 g/mol. The van der Waals surface area contributed by atoms with Crippen molar-refractivity contribution in [2.24, 2.45) is 11.3 Å². The summed E-state index contributed by atoms with van der Waals surface area (Å²) in [7, 11) is 1.34. The van der Waals surface area contributed by atoms with Crippen LogP contribution in [-0.4, -0.2) is 24.6 Å². The van der Waals surface area contributed by atoms with Crippen molar-refractivity contribution in [1.82, 2.24) is 4.98 Å². The molecule has 1 fully saturated rings. The number of nitrogens with one attached hydrogen (secondary N) is 1. The van der Waals surface area contributed by atoms with Crippen LogP contribution in [0.2, 0.25) is 5.15 Å². The van der Waals surface area contributed by atoms with E-state index in [-0.39, 0.29) is 5.15 Å². The van der Waals surface area contributed by atoms with Gasteiger partial charge in [-0.3, -0.25) is 0 Å². The number of anilines is 1. The van der Waals surface area contributed by atoms with E-state index in [9.17, 15) is 4.79 Å². The Labute approximate surface area is 116 Å². The fourth-order valence-corrected chi connectivity index (χ4v) is 3.06. The van der Waals surface area contributed by atoms with Gasteiger partial charge >= 0.3 is 5.97 Å². The van der Waals surface area contributed by atoms with Crippen molar-refractivity contribution in [3.63, 3.8) is 0 Å². The zero-order chi connectivity index (χ0) is 13.3. The number of hydrogen-bond acceptors (Lipinski definition) is 5. The maximum Gasteiger partial charge on any atom is 0.351 e. The summed E-state index contributed by atoms with van der Waals surface area (Å²) in [5.74, 6) is 0.219. The van der Waals surface area contributed by atoms with Gasteiger partial charge in [-0.15, -0.1) is 0 Å². The molecule has 6 heteroatoms. The van der Waals surface area contributed by atoms with E-state index >= 15 is 0 Å². The van der Waals surface area contributed by atoms with Crippen LogP contribution in [0.1, 0.15) is 36.4 Å². The fourth-order valence-electron chi connectivity index (χ4n) is 1.97. The molecule has 0 bridgehead atoms. The molecule has 0 amide bonds. The third-order valence-electron chi connectivity index (χ3n) is 3.67. The molecule has 0 saturated heterocycles. The lowest BCUT2D eigenvalue weighted by molar-refractivity contribution is 0.0606. The summed E-state index contributed by atoms with van der Waals surface area (Å²) in [6, 6.07) is 0. The van der Waals surface area contributed by atoms with Crippen LogP contribution in [0.4, 0.5) is 5.13 Å². The molecule has 1 aliphatic carbocycles. The quantitative estimate of drug-likeness (QED) is 0.844. The highest BCUT2D eigenvalue weighted by atomic mass is 35.5. The number of methoxy groups -OCH3 is 1. The second-order valence-corrected chi connectivity index (χ2v) is 6.36. The van der Waals surface area contributed by atoms with Crippen LogP contribution in [0, 0.1) is 11.3 Å². The predicted octanol–water partition coefficient (Wildman–Crippen LogP) is 3.43. The van der Waals surface area contributed by atoms with Crippen molar-refractivity contribution < 1.29 is 9.53 Å². The zero-order valence-corrected chi connectivity index (χ0v) is 12.3. The van der Waals surface area contributed by atoms with Crippen LogP contribution >= 0.6 is 22.9 Å². The van der Waals surface area contributed by atoms with E-state index in [1.165, 1.54) is 31.3 Å². The maximum atomic E-state index is 11.4. The molecule has 4 nitrogen and oxygen atoms in total. The van der Waals surface area contributed by atoms with Gasteiger partial charge in [-0.1, -0.05) is 36.8 Å². The Morgan fingerprint density at radius 1 is 1.61 bits per heavy atom. The number of carbonyl (C=O) groups excluding carboxylic acids is 1. The highest BCUT2D eigenvalue weighted by Crippen LogP contribution is 2.51. The Hall–Kier alpha value is -0.810. The number of hydrogen-bond donors (Lipinski definition) is 1. The largest absolute Gasteiger partial charge is 0.465 e. The van der Waals surface area contributed by atoms with E-state index < -0.39 is 5.97 Å². The van der Waals surface area contributed by atoms with Crippen LogP contribution in [0.5, 0.6) is 0 Å². The molecule has 1 aromatic heterocycles. The van der Waals surface area contributed by atoms with Gasteiger partial charge < -0.3 is 10.1 Å². The molecule has 0 atom stereocenters. The van der Waals surface area contributed by atoms with Gasteiger partial charge in [0.1, 0.15) is 0 Å². The maximum absolute atomic E-state index is 11.4. The summed E-state index contributed by atoms with van der Waals surface area (Å²) in [6.45, 7) is 5.36. The molecular formula is C12H17ClN2O2S. The minimum absolute atomic E-state index is 0.212. The summed E-state index contributed by atoms with van der Waals surface area (Å²) in [6.07, 6.45) is 2.50. The first-order valence-electron chi connectivity index (χ1n) is 5.97. The van der Waals surface area contributed by atoms with Gasteiger partial charge in [-0.2, -0.15) is 0 Å². The Morgan fingerprint density at radius 2 is 2.28 bits per heavy atom. The third kappa shape index (κ3) is 2.62. The Kier molecular flexibility index (Phi) is 3.82. The molecule has 18 heavy (non-hydrogen) atoms. The van der Waals surface area contributed by atoms with E-state index in [0.717, 1.165) is 6.54 Å². The van der Waals surface area contributed by atoms with E-state index in [2.05, 4.69) is 28.9 Å². The Morgan fingerprint density at radius 3 is 2.78 bits per heavy atom. The molecule has 1 N–H and O–H groups in total. The first kappa shape index (κ1) is 13.6. The van der Waals surface area contributed by atoms with E-state index in [1.807, 2.05) is 0 Å². The summed E-state index contributed by atoms with van der Waals surface area (Å²) in [4.78, 5) is 15.9.